The van der Waals surface area contributed by atoms with Crippen molar-refractivity contribution in [2.24, 2.45) is 0 Å². The molecule has 1 N–H and O–H groups in total. The van der Waals surface area contributed by atoms with Crippen molar-refractivity contribution >= 4 is 0 Å². The predicted molar refractivity (Wildman–Crippen MR) is 73.2 cm³/mol. The lowest BCUT2D eigenvalue weighted by Crippen LogP contribution is -2.15. The van der Waals surface area contributed by atoms with Crippen molar-refractivity contribution in [3.05, 3.63) is 24.0 Å². The molecule has 2 aliphatic heterocycles. The highest BCUT2D eigenvalue weighted by atomic mass is 16.5. The van der Waals surface area contributed by atoms with E-state index in [1.54, 1.807) is 25.3 Å². The molecule has 0 spiro atoms. The number of rotatable bonds is 3. The van der Waals surface area contributed by atoms with Gasteiger partial charge in [-0.25, -0.2) is 0 Å². The zero-order valence-corrected chi connectivity index (χ0v) is 11.7. The molecule has 3 atom stereocenters. The molecule has 2 fully saturated rings. The predicted octanol–water partition coefficient (Wildman–Crippen LogP) is 2.49. The van der Waals surface area contributed by atoms with Crippen LogP contribution in [-0.2, 0) is 4.74 Å². The molecule has 2 aliphatic rings. The summed E-state index contributed by atoms with van der Waals surface area (Å²) in [4.78, 5) is 4.44. The SMILES string of the molecule is COc1ccc(O)c(-c2nc(C3CC4CCC3O4)no2)c1. The van der Waals surface area contributed by atoms with Gasteiger partial charge >= 0.3 is 0 Å². The topological polar surface area (TPSA) is 77.6 Å². The molecule has 1 aromatic carbocycles. The number of ether oxygens (including phenoxy) is 2. The molecule has 21 heavy (non-hydrogen) atoms. The molecule has 2 saturated heterocycles. The fraction of sp³-hybridized carbons (Fsp3) is 0.467. The minimum absolute atomic E-state index is 0.0928. The van der Waals surface area contributed by atoms with Gasteiger partial charge in [-0.05, 0) is 37.5 Å². The standard InChI is InChI=1S/C15H16N2O4/c1-19-8-2-4-12(18)10(6-8)15-16-14(17-21-15)11-7-9-3-5-13(11)20-9/h2,4,6,9,11,13,18H,3,5,7H2,1H3. The Morgan fingerprint density at radius 1 is 1.33 bits per heavy atom. The molecule has 0 saturated carbocycles. The number of hydrogen-bond donors (Lipinski definition) is 1. The number of nitrogens with zero attached hydrogens (tertiary/aromatic N) is 2. The van der Waals surface area contributed by atoms with E-state index in [-0.39, 0.29) is 17.8 Å². The lowest BCUT2D eigenvalue weighted by Gasteiger charge is -2.13. The molecule has 110 valence electrons. The van der Waals surface area contributed by atoms with Gasteiger partial charge in [0.25, 0.3) is 5.89 Å². The van der Waals surface area contributed by atoms with Crippen molar-refractivity contribution in [1.82, 2.24) is 10.1 Å². The first-order valence-electron chi connectivity index (χ1n) is 7.11. The van der Waals surface area contributed by atoms with Crippen LogP contribution < -0.4 is 4.74 Å². The van der Waals surface area contributed by atoms with Crippen molar-refractivity contribution in [2.75, 3.05) is 7.11 Å². The summed E-state index contributed by atoms with van der Waals surface area (Å²) in [6.07, 6.45) is 3.69. The molecule has 6 heteroatoms. The van der Waals surface area contributed by atoms with Gasteiger partial charge in [0.15, 0.2) is 5.82 Å². The molecule has 3 unspecified atom stereocenters. The van der Waals surface area contributed by atoms with Crippen LogP contribution in [0.5, 0.6) is 11.5 Å². The Labute approximate surface area is 121 Å². The lowest BCUT2D eigenvalue weighted by molar-refractivity contribution is 0.0996. The lowest BCUT2D eigenvalue weighted by atomic mass is 9.89. The Morgan fingerprint density at radius 3 is 2.95 bits per heavy atom. The van der Waals surface area contributed by atoms with E-state index in [2.05, 4.69) is 10.1 Å². The highest BCUT2D eigenvalue weighted by Crippen LogP contribution is 2.44. The smallest absolute Gasteiger partial charge is 0.261 e. The third-order valence-electron chi connectivity index (χ3n) is 4.31. The summed E-state index contributed by atoms with van der Waals surface area (Å²) in [7, 11) is 1.57. The van der Waals surface area contributed by atoms with Gasteiger partial charge in [-0.2, -0.15) is 4.98 Å². The van der Waals surface area contributed by atoms with Crippen molar-refractivity contribution in [3.8, 4) is 23.0 Å². The zero-order valence-electron chi connectivity index (χ0n) is 11.7. The van der Waals surface area contributed by atoms with Crippen LogP contribution >= 0.6 is 0 Å². The van der Waals surface area contributed by atoms with Crippen LogP contribution in [0, 0.1) is 0 Å². The Kier molecular flexibility index (Phi) is 2.85. The average Bonchev–Trinajstić information content (AvgIpc) is 3.23. The summed E-state index contributed by atoms with van der Waals surface area (Å²) in [5, 5.41) is 14.0. The van der Waals surface area contributed by atoms with E-state index in [0.717, 1.165) is 19.3 Å². The van der Waals surface area contributed by atoms with Gasteiger partial charge in [0.1, 0.15) is 11.5 Å². The molecule has 0 aliphatic carbocycles. The van der Waals surface area contributed by atoms with Gasteiger partial charge in [-0.3, -0.25) is 0 Å². The summed E-state index contributed by atoms with van der Waals surface area (Å²) in [6, 6.07) is 4.92. The number of methoxy groups -OCH3 is 1. The highest BCUT2D eigenvalue weighted by molar-refractivity contribution is 5.64. The molecule has 4 rings (SSSR count). The maximum absolute atomic E-state index is 9.96. The van der Waals surface area contributed by atoms with Crippen molar-refractivity contribution in [3.63, 3.8) is 0 Å². The van der Waals surface area contributed by atoms with Crippen molar-refractivity contribution < 1.29 is 19.1 Å². The van der Waals surface area contributed by atoms with E-state index in [0.29, 0.717) is 29.1 Å². The van der Waals surface area contributed by atoms with E-state index in [1.165, 1.54) is 0 Å². The number of benzene rings is 1. The number of aromatic hydroxyl groups is 1. The number of phenolic OH excluding ortho intramolecular Hbond substituents is 1. The van der Waals surface area contributed by atoms with E-state index in [9.17, 15) is 5.11 Å². The number of fused-ring (bicyclic) bond motifs is 2. The summed E-state index contributed by atoms with van der Waals surface area (Å²) >= 11 is 0. The number of hydrogen-bond acceptors (Lipinski definition) is 6. The first-order chi connectivity index (χ1) is 10.2. The van der Waals surface area contributed by atoms with Crippen molar-refractivity contribution in [1.29, 1.82) is 0 Å². The van der Waals surface area contributed by atoms with Crippen LogP contribution in [0.15, 0.2) is 22.7 Å². The van der Waals surface area contributed by atoms with Gasteiger partial charge in [0.2, 0.25) is 0 Å². The molecule has 3 heterocycles. The van der Waals surface area contributed by atoms with E-state index < -0.39 is 0 Å². The van der Waals surface area contributed by atoms with E-state index in [4.69, 9.17) is 14.0 Å². The van der Waals surface area contributed by atoms with Crippen LogP contribution in [-0.4, -0.2) is 34.6 Å². The highest BCUT2D eigenvalue weighted by Gasteiger charge is 2.43. The van der Waals surface area contributed by atoms with Gasteiger partial charge in [0, 0.05) is 0 Å². The summed E-state index contributed by atoms with van der Waals surface area (Å²) in [5.41, 5.74) is 0.483. The van der Waals surface area contributed by atoms with Crippen LogP contribution in [0.25, 0.3) is 11.5 Å². The Morgan fingerprint density at radius 2 is 2.24 bits per heavy atom. The van der Waals surface area contributed by atoms with Gasteiger partial charge in [-0.15, -0.1) is 0 Å². The fourth-order valence-electron chi connectivity index (χ4n) is 3.22. The quantitative estimate of drug-likeness (QED) is 0.935. The second-order valence-electron chi connectivity index (χ2n) is 5.56. The first-order valence-corrected chi connectivity index (χ1v) is 7.11. The van der Waals surface area contributed by atoms with E-state index in [1.807, 2.05) is 0 Å². The first kappa shape index (κ1) is 12.6. The van der Waals surface area contributed by atoms with Crippen LogP contribution in [0.2, 0.25) is 0 Å². The Bertz CT molecular complexity index is 669. The fourth-order valence-corrected chi connectivity index (χ4v) is 3.22. The molecule has 0 radical (unpaired) electrons. The number of phenols is 1. The van der Waals surface area contributed by atoms with Gasteiger partial charge in [0.05, 0.1) is 30.8 Å². The van der Waals surface area contributed by atoms with Crippen LogP contribution in [0.1, 0.15) is 31.0 Å². The maximum atomic E-state index is 9.96. The second kappa shape index (κ2) is 4.73. The van der Waals surface area contributed by atoms with Gasteiger partial charge < -0.3 is 19.1 Å². The molecule has 6 nitrogen and oxygen atoms in total. The normalized spacial score (nSPS) is 27.2. The monoisotopic (exact) mass is 288 g/mol. The Hall–Kier alpha value is -2.08. The van der Waals surface area contributed by atoms with Crippen LogP contribution in [0.4, 0.5) is 0 Å². The second-order valence-corrected chi connectivity index (χ2v) is 5.56. The molecule has 2 aromatic rings. The average molecular weight is 288 g/mol. The maximum Gasteiger partial charge on any atom is 0.261 e. The summed E-state index contributed by atoms with van der Waals surface area (Å²) < 4.78 is 16.3. The third-order valence-corrected chi connectivity index (χ3v) is 4.31. The molecular formula is C15H16N2O4. The molecular weight excluding hydrogens is 272 g/mol. The van der Waals surface area contributed by atoms with Crippen molar-refractivity contribution in [2.45, 2.75) is 37.4 Å². The number of aromatic nitrogens is 2. The van der Waals surface area contributed by atoms with E-state index >= 15 is 0 Å². The van der Waals surface area contributed by atoms with Crippen LogP contribution in [0.3, 0.4) is 0 Å². The van der Waals surface area contributed by atoms with Gasteiger partial charge in [-0.1, -0.05) is 5.16 Å². The Balaban J connectivity index is 1.65. The third kappa shape index (κ3) is 2.06. The molecule has 1 aromatic heterocycles. The summed E-state index contributed by atoms with van der Waals surface area (Å²) in [5.74, 6) is 1.90. The molecule has 2 bridgehead atoms. The largest absolute Gasteiger partial charge is 0.507 e. The molecule has 0 amide bonds. The minimum Gasteiger partial charge on any atom is -0.507 e. The zero-order chi connectivity index (χ0) is 14.4. The minimum atomic E-state index is 0.0928. The summed E-state index contributed by atoms with van der Waals surface area (Å²) in [6.45, 7) is 0.